The van der Waals surface area contributed by atoms with Crippen molar-refractivity contribution >= 4 is 33.7 Å². The van der Waals surface area contributed by atoms with E-state index in [1.807, 2.05) is 25.1 Å². The number of hydrogen-bond donors (Lipinski definition) is 2. The summed E-state index contributed by atoms with van der Waals surface area (Å²) in [5.74, 6) is 0. The molecule has 1 aromatic carbocycles. The van der Waals surface area contributed by atoms with Crippen LogP contribution in [0, 0.1) is 6.92 Å². The number of halogens is 1. The first-order valence-corrected chi connectivity index (χ1v) is 8.54. The highest BCUT2D eigenvalue weighted by Crippen LogP contribution is 2.20. The van der Waals surface area contributed by atoms with Gasteiger partial charge in [0.25, 0.3) is 0 Å². The van der Waals surface area contributed by atoms with Gasteiger partial charge in [0.15, 0.2) is 0 Å². The smallest absolute Gasteiger partial charge is 0.409 e. The molecule has 1 heterocycles. The van der Waals surface area contributed by atoms with Gasteiger partial charge in [-0.3, -0.25) is 0 Å². The molecule has 0 bridgehead atoms. The van der Waals surface area contributed by atoms with Gasteiger partial charge in [-0.15, -0.1) is 0 Å². The molecule has 1 aromatic rings. The van der Waals surface area contributed by atoms with E-state index in [2.05, 4.69) is 26.6 Å². The Morgan fingerprint density at radius 1 is 1.35 bits per heavy atom. The maximum Gasteiger partial charge on any atom is 0.409 e. The summed E-state index contributed by atoms with van der Waals surface area (Å²) in [6.45, 7) is 5.36. The zero-order valence-corrected chi connectivity index (χ0v) is 15.0. The average molecular weight is 384 g/mol. The number of urea groups is 1. The first-order valence-electron chi connectivity index (χ1n) is 7.75. The molecule has 2 N–H and O–H groups in total. The van der Waals surface area contributed by atoms with Crippen molar-refractivity contribution in [3.63, 3.8) is 0 Å². The zero-order valence-electron chi connectivity index (χ0n) is 13.4. The van der Waals surface area contributed by atoms with E-state index in [1.165, 1.54) is 0 Å². The third-order valence-corrected chi connectivity index (χ3v) is 4.64. The Labute approximate surface area is 144 Å². The number of carbonyl (C=O) groups is 2. The van der Waals surface area contributed by atoms with Gasteiger partial charge in [-0.05, 0) is 44.4 Å². The predicted molar refractivity (Wildman–Crippen MR) is 92.7 cm³/mol. The summed E-state index contributed by atoms with van der Waals surface area (Å²) in [5, 5.41) is 5.78. The summed E-state index contributed by atoms with van der Waals surface area (Å²) in [4.78, 5) is 25.4. The SMILES string of the molecule is CCOC(=O)N1CCC(NC(=O)Nc2ccc(C)c(Br)c2)CC1. The molecule has 1 saturated heterocycles. The maximum absolute atomic E-state index is 12.1. The lowest BCUT2D eigenvalue weighted by molar-refractivity contribution is 0.0959. The minimum absolute atomic E-state index is 0.0644. The number of nitrogens with zero attached hydrogens (tertiary/aromatic N) is 1. The van der Waals surface area contributed by atoms with Crippen molar-refractivity contribution in [2.45, 2.75) is 32.7 Å². The van der Waals surface area contributed by atoms with Gasteiger partial charge >= 0.3 is 12.1 Å². The highest BCUT2D eigenvalue weighted by molar-refractivity contribution is 9.10. The van der Waals surface area contributed by atoms with E-state index < -0.39 is 0 Å². The second-order valence-corrected chi connectivity index (χ2v) is 6.38. The van der Waals surface area contributed by atoms with Crippen molar-refractivity contribution in [2.75, 3.05) is 25.0 Å². The maximum atomic E-state index is 12.1. The normalized spacial score (nSPS) is 15.2. The molecule has 3 amide bonds. The molecule has 0 atom stereocenters. The lowest BCUT2D eigenvalue weighted by Gasteiger charge is -2.31. The molecule has 2 rings (SSSR count). The summed E-state index contributed by atoms with van der Waals surface area (Å²) >= 11 is 3.45. The van der Waals surface area contributed by atoms with Crippen LogP contribution in [-0.2, 0) is 4.74 Å². The van der Waals surface area contributed by atoms with Gasteiger partial charge in [-0.1, -0.05) is 22.0 Å². The fourth-order valence-electron chi connectivity index (χ4n) is 2.44. The number of carbonyl (C=O) groups excluding carboxylic acids is 2. The number of likely N-dealkylation sites (tertiary alicyclic amines) is 1. The fraction of sp³-hybridized carbons (Fsp3) is 0.500. The Kier molecular flexibility index (Phi) is 6.27. The molecule has 0 unspecified atom stereocenters. The van der Waals surface area contributed by atoms with Gasteiger partial charge in [0.05, 0.1) is 6.61 Å². The summed E-state index contributed by atoms with van der Waals surface area (Å²) in [6, 6.07) is 5.52. The van der Waals surface area contributed by atoms with Gasteiger partial charge in [0.1, 0.15) is 0 Å². The van der Waals surface area contributed by atoms with Gasteiger partial charge in [-0.25, -0.2) is 9.59 Å². The van der Waals surface area contributed by atoms with E-state index >= 15 is 0 Å². The van der Waals surface area contributed by atoms with Crippen LogP contribution in [0.15, 0.2) is 22.7 Å². The van der Waals surface area contributed by atoms with Crippen molar-refractivity contribution in [1.82, 2.24) is 10.2 Å². The molecule has 23 heavy (non-hydrogen) atoms. The molecule has 0 radical (unpaired) electrons. The van der Waals surface area contributed by atoms with Crippen molar-refractivity contribution in [3.05, 3.63) is 28.2 Å². The number of hydrogen-bond acceptors (Lipinski definition) is 3. The fourth-order valence-corrected chi connectivity index (χ4v) is 2.82. The lowest BCUT2D eigenvalue weighted by atomic mass is 10.1. The molecule has 1 aliphatic rings. The third-order valence-electron chi connectivity index (χ3n) is 3.79. The van der Waals surface area contributed by atoms with E-state index in [0.717, 1.165) is 28.6 Å². The van der Waals surface area contributed by atoms with Crippen LogP contribution in [0.25, 0.3) is 0 Å². The lowest BCUT2D eigenvalue weighted by Crippen LogP contribution is -2.47. The van der Waals surface area contributed by atoms with Crippen molar-refractivity contribution in [1.29, 1.82) is 0 Å². The van der Waals surface area contributed by atoms with Crippen molar-refractivity contribution in [3.8, 4) is 0 Å². The van der Waals surface area contributed by atoms with Crippen LogP contribution in [-0.4, -0.2) is 42.8 Å². The molecule has 1 fully saturated rings. The Hall–Kier alpha value is -1.76. The summed E-state index contributed by atoms with van der Waals surface area (Å²) < 4.78 is 5.94. The molecule has 0 aromatic heterocycles. The van der Waals surface area contributed by atoms with Crippen LogP contribution >= 0.6 is 15.9 Å². The molecular formula is C16H22BrN3O3. The zero-order chi connectivity index (χ0) is 16.8. The van der Waals surface area contributed by atoms with Gasteiger partial charge < -0.3 is 20.3 Å². The molecule has 0 aliphatic carbocycles. The Morgan fingerprint density at radius 3 is 2.65 bits per heavy atom. The standard InChI is InChI=1S/C16H22BrN3O3/c1-3-23-16(22)20-8-6-12(7-9-20)18-15(21)19-13-5-4-11(2)14(17)10-13/h4-5,10,12H,3,6-9H2,1-2H3,(H2,18,19,21). The number of benzene rings is 1. The van der Waals surface area contributed by atoms with E-state index in [0.29, 0.717) is 19.7 Å². The van der Waals surface area contributed by atoms with Crippen LogP contribution in [0.2, 0.25) is 0 Å². The Balaban J connectivity index is 1.78. The number of ether oxygens (including phenoxy) is 1. The Bertz CT molecular complexity index is 572. The molecule has 6 nitrogen and oxygen atoms in total. The van der Waals surface area contributed by atoms with E-state index in [1.54, 1.807) is 11.8 Å². The highest BCUT2D eigenvalue weighted by atomic mass is 79.9. The number of anilines is 1. The largest absolute Gasteiger partial charge is 0.450 e. The average Bonchev–Trinajstić information content (AvgIpc) is 2.52. The van der Waals surface area contributed by atoms with E-state index in [-0.39, 0.29) is 18.2 Å². The molecular weight excluding hydrogens is 362 g/mol. The third kappa shape index (κ3) is 5.13. The number of piperidine rings is 1. The summed E-state index contributed by atoms with van der Waals surface area (Å²) in [5.41, 5.74) is 1.85. The van der Waals surface area contributed by atoms with Crippen LogP contribution in [0.1, 0.15) is 25.3 Å². The van der Waals surface area contributed by atoms with E-state index in [9.17, 15) is 9.59 Å². The molecule has 0 spiro atoms. The first kappa shape index (κ1) is 17.6. The number of aryl methyl sites for hydroxylation is 1. The quantitative estimate of drug-likeness (QED) is 0.838. The number of rotatable bonds is 3. The van der Waals surface area contributed by atoms with Crippen LogP contribution in [0.5, 0.6) is 0 Å². The number of amides is 3. The molecule has 1 aliphatic heterocycles. The first-order chi connectivity index (χ1) is 11.0. The predicted octanol–water partition coefficient (Wildman–Crippen LogP) is 3.50. The second kappa shape index (κ2) is 8.19. The molecule has 0 saturated carbocycles. The topological polar surface area (TPSA) is 70.7 Å². The summed E-state index contributed by atoms with van der Waals surface area (Å²) in [7, 11) is 0. The molecule has 126 valence electrons. The number of nitrogens with one attached hydrogen (secondary N) is 2. The van der Waals surface area contributed by atoms with Crippen molar-refractivity contribution in [2.24, 2.45) is 0 Å². The minimum Gasteiger partial charge on any atom is -0.450 e. The second-order valence-electron chi connectivity index (χ2n) is 5.52. The molecule has 7 heteroatoms. The highest BCUT2D eigenvalue weighted by Gasteiger charge is 2.24. The monoisotopic (exact) mass is 383 g/mol. The van der Waals surface area contributed by atoms with Crippen LogP contribution < -0.4 is 10.6 Å². The van der Waals surface area contributed by atoms with Crippen molar-refractivity contribution < 1.29 is 14.3 Å². The minimum atomic E-state index is -0.278. The van der Waals surface area contributed by atoms with E-state index in [4.69, 9.17) is 4.74 Å². The summed E-state index contributed by atoms with van der Waals surface area (Å²) in [6.07, 6.45) is 1.17. The van der Waals surface area contributed by atoms with Gasteiger partial charge in [-0.2, -0.15) is 0 Å². The van der Waals surface area contributed by atoms with Gasteiger partial charge in [0.2, 0.25) is 0 Å². The van der Waals surface area contributed by atoms with Gasteiger partial charge in [0, 0.05) is 29.3 Å². The Morgan fingerprint density at radius 2 is 2.04 bits per heavy atom. The van der Waals surface area contributed by atoms with Crippen LogP contribution in [0.4, 0.5) is 15.3 Å². The van der Waals surface area contributed by atoms with Crippen LogP contribution in [0.3, 0.4) is 0 Å².